The number of carbonyl (C=O) groups is 2. The van der Waals surface area contributed by atoms with Crippen LogP contribution in [0, 0.1) is 6.92 Å². The van der Waals surface area contributed by atoms with Crippen molar-refractivity contribution in [3.63, 3.8) is 0 Å². The van der Waals surface area contributed by atoms with Gasteiger partial charge in [-0.05, 0) is 26.8 Å². The van der Waals surface area contributed by atoms with Crippen molar-refractivity contribution in [1.29, 1.82) is 0 Å². The van der Waals surface area contributed by atoms with Crippen molar-refractivity contribution in [3.8, 4) is 0 Å². The summed E-state index contributed by atoms with van der Waals surface area (Å²) in [6, 6.07) is 1.70. The van der Waals surface area contributed by atoms with Gasteiger partial charge in [0.1, 0.15) is 5.00 Å². The first-order valence-electron chi connectivity index (χ1n) is 5.08. The molecular formula is C12H15NO3S. The highest BCUT2D eigenvalue weighted by Crippen LogP contribution is 2.28. The van der Waals surface area contributed by atoms with Crippen molar-refractivity contribution in [2.45, 2.75) is 20.8 Å². The summed E-state index contributed by atoms with van der Waals surface area (Å²) in [5.41, 5.74) is 1.29. The summed E-state index contributed by atoms with van der Waals surface area (Å²) in [7, 11) is 1.32. The van der Waals surface area contributed by atoms with Gasteiger partial charge in [-0.2, -0.15) is 0 Å². The fourth-order valence-electron chi connectivity index (χ4n) is 1.28. The summed E-state index contributed by atoms with van der Waals surface area (Å²) in [4.78, 5) is 24.0. The largest absolute Gasteiger partial charge is 0.465 e. The minimum atomic E-state index is -0.443. The summed E-state index contributed by atoms with van der Waals surface area (Å²) in [6.45, 7) is 5.54. The van der Waals surface area contributed by atoms with Crippen molar-refractivity contribution < 1.29 is 14.3 Å². The van der Waals surface area contributed by atoms with Crippen LogP contribution in [-0.2, 0) is 9.53 Å². The first kappa shape index (κ1) is 13.4. The number of carbonyl (C=O) groups excluding carboxylic acids is 2. The van der Waals surface area contributed by atoms with E-state index in [-0.39, 0.29) is 5.91 Å². The van der Waals surface area contributed by atoms with E-state index < -0.39 is 5.97 Å². The fraction of sp³-hybridized carbons (Fsp3) is 0.333. The molecular weight excluding hydrogens is 238 g/mol. The molecule has 0 radical (unpaired) electrons. The van der Waals surface area contributed by atoms with Crippen LogP contribution >= 0.6 is 11.3 Å². The Balaban J connectivity index is 2.95. The molecule has 1 amide bonds. The molecule has 0 aliphatic rings. The Morgan fingerprint density at radius 1 is 1.41 bits per heavy atom. The van der Waals surface area contributed by atoms with E-state index in [0.717, 1.165) is 10.5 Å². The average Bonchev–Trinajstić information content (AvgIpc) is 2.57. The van der Waals surface area contributed by atoms with Gasteiger partial charge in [0.2, 0.25) is 5.91 Å². The van der Waals surface area contributed by atoms with Gasteiger partial charge in [0, 0.05) is 11.0 Å². The summed E-state index contributed by atoms with van der Waals surface area (Å²) in [5, 5.41) is 3.21. The molecule has 1 heterocycles. The van der Waals surface area contributed by atoms with Crippen LogP contribution < -0.4 is 5.32 Å². The molecule has 4 nitrogen and oxygen atoms in total. The van der Waals surface area contributed by atoms with Crippen LogP contribution in [-0.4, -0.2) is 19.0 Å². The number of anilines is 1. The van der Waals surface area contributed by atoms with Gasteiger partial charge in [-0.1, -0.05) is 5.57 Å². The lowest BCUT2D eigenvalue weighted by Gasteiger charge is -2.02. The summed E-state index contributed by atoms with van der Waals surface area (Å²) in [5.74, 6) is -0.682. The number of ether oxygens (including phenoxy) is 1. The SMILES string of the molecule is COC(=O)c1cc(C)sc1NC(=O)C=C(C)C. The predicted octanol–water partition coefficient (Wildman–Crippen LogP) is 2.75. The quantitative estimate of drug-likeness (QED) is 0.665. The Morgan fingerprint density at radius 2 is 2.06 bits per heavy atom. The molecule has 0 aromatic carbocycles. The molecule has 1 rings (SSSR count). The van der Waals surface area contributed by atoms with E-state index in [1.165, 1.54) is 24.5 Å². The Morgan fingerprint density at radius 3 is 2.59 bits per heavy atom. The van der Waals surface area contributed by atoms with Gasteiger partial charge < -0.3 is 10.1 Å². The number of rotatable bonds is 3. The molecule has 1 aromatic heterocycles. The van der Waals surface area contributed by atoms with Gasteiger partial charge in [-0.15, -0.1) is 11.3 Å². The lowest BCUT2D eigenvalue weighted by molar-refractivity contribution is -0.111. The third-order valence-corrected chi connectivity index (χ3v) is 2.88. The minimum absolute atomic E-state index is 0.239. The number of nitrogens with one attached hydrogen (secondary N) is 1. The van der Waals surface area contributed by atoms with Gasteiger partial charge in [-0.3, -0.25) is 4.79 Å². The normalized spacial score (nSPS) is 9.65. The predicted molar refractivity (Wildman–Crippen MR) is 68.5 cm³/mol. The molecule has 0 fully saturated rings. The highest BCUT2D eigenvalue weighted by atomic mass is 32.1. The molecule has 92 valence electrons. The smallest absolute Gasteiger partial charge is 0.340 e. The van der Waals surface area contributed by atoms with E-state index in [4.69, 9.17) is 0 Å². The number of esters is 1. The van der Waals surface area contributed by atoms with Gasteiger partial charge in [0.15, 0.2) is 0 Å². The zero-order valence-corrected chi connectivity index (χ0v) is 11.1. The number of thiophene rings is 1. The molecule has 0 atom stereocenters. The van der Waals surface area contributed by atoms with Crippen LogP contribution in [0.1, 0.15) is 29.1 Å². The van der Waals surface area contributed by atoms with Crippen LogP contribution in [0.3, 0.4) is 0 Å². The monoisotopic (exact) mass is 253 g/mol. The van der Waals surface area contributed by atoms with E-state index in [2.05, 4.69) is 10.1 Å². The average molecular weight is 253 g/mol. The first-order valence-corrected chi connectivity index (χ1v) is 5.90. The number of allylic oxidation sites excluding steroid dienone is 1. The Labute approximate surface area is 104 Å². The zero-order chi connectivity index (χ0) is 13.0. The van der Waals surface area contributed by atoms with E-state index in [9.17, 15) is 9.59 Å². The highest BCUT2D eigenvalue weighted by molar-refractivity contribution is 7.16. The fourth-order valence-corrected chi connectivity index (χ4v) is 2.18. The minimum Gasteiger partial charge on any atom is -0.465 e. The number of hydrogen-bond donors (Lipinski definition) is 1. The highest BCUT2D eigenvalue weighted by Gasteiger charge is 2.16. The number of amides is 1. The maximum Gasteiger partial charge on any atom is 0.340 e. The molecule has 0 spiro atoms. The first-order chi connectivity index (χ1) is 7.93. The molecule has 0 saturated carbocycles. The molecule has 0 bridgehead atoms. The maximum absolute atomic E-state index is 11.6. The lowest BCUT2D eigenvalue weighted by atomic mass is 10.3. The molecule has 5 heteroatoms. The zero-order valence-electron chi connectivity index (χ0n) is 10.3. The third-order valence-electron chi connectivity index (χ3n) is 1.92. The standard InChI is InChI=1S/C12H15NO3S/c1-7(2)5-10(14)13-11-9(12(15)16-4)6-8(3)17-11/h5-6H,1-4H3,(H,13,14). The van der Waals surface area contributed by atoms with Crippen molar-refractivity contribution in [3.05, 3.63) is 28.2 Å². The number of hydrogen-bond acceptors (Lipinski definition) is 4. The summed E-state index contributed by atoms with van der Waals surface area (Å²) < 4.78 is 4.65. The van der Waals surface area contributed by atoms with Crippen molar-refractivity contribution in [1.82, 2.24) is 0 Å². The molecule has 0 unspecified atom stereocenters. The molecule has 0 aliphatic carbocycles. The second-order valence-corrected chi connectivity index (χ2v) is 5.06. The molecule has 1 aromatic rings. The van der Waals surface area contributed by atoms with Crippen molar-refractivity contribution >= 4 is 28.2 Å². The van der Waals surface area contributed by atoms with Crippen LogP contribution in [0.25, 0.3) is 0 Å². The van der Waals surface area contributed by atoms with Crippen molar-refractivity contribution in [2.24, 2.45) is 0 Å². The Bertz CT molecular complexity index is 470. The van der Waals surface area contributed by atoms with Crippen LogP contribution in [0.5, 0.6) is 0 Å². The molecule has 0 aliphatic heterocycles. The number of methoxy groups -OCH3 is 1. The number of aryl methyl sites for hydroxylation is 1. The second kappa shape index (κ2) is 5.63. The summed E-state index contributed by atoms with van der Waals surface area (Å²) in [6.07, 6.45) is 1.48. The molecule has 0 saturated heterocycles. The second-order valence-electron chi connectivity index (χ2n) is 3.80. The van der Waals surface area contributed by atoms with E-state index >= 15 is 0 Å². The molecule has 1 N–H and O–H groups in total. The van der Waals surface area contributed by atoms with E-state index in [1.54, 1.807) is 6.07 Å². The Kier molecular flexibility index (Phi) is 4.45. The van der Waals surface area contributed by atoms with E-state index in [0.29, 0.717) is 10.6 Å². The van der Waals surface area contributed by atoms with E-state index in [1.807, 2.05) is 20.8 Å². The maximum atomic E-state index is 11.6. The Hall–Kier alpha value is -1.62. The van der Waals surface area contributed by atoms with Gasteiger partial charge in [0.25, 0.3) is 0 Å². The lowest BCUT2D eigenvalue weighted by Crippen LogP contribution is -2.11. The van der Waals surface area contributed by atoms with Gasteiger partial charge in [0.05, 0.1) is 12.7 Å². The molecule has 17 heavy (non-hydrogen) atoms. The van der Waals surface area contributed by atoms with Crippen molar-refractivity contribution in [2.75, 3.05) is 12.4 Å². The topological polar surface area (TPSA) is 55.4 Å². The van der Waals surface area contributed by atoms with Crippen LogP contribution in [0.15, 0.2) is 17.7 Å². The summed E-state index contributed by atoms with van der Waals surface area (Å²) >= 11 is 1.35. The van der Waals surface area contributed by atoms with Gasteiger partial charge >= 0.3 is 5.97 Å². The third kappa shape index (κ3) is 3.71. The van der Waals surface area contributed by atoms with Gasteiger partial charge in [-0.25, -0.2) is 4.79 Å². The van der Waals surface area contributed by atoms with Crippen LogP contribution in [0.4, 0.5) is 5.00 Å². The van der Waals surface area contributed by atoms with Crippen LogP contribution in [0.2, 0.25) is 0 Å².